The average Bonchev–Trinajstić information content (AvgIpc) is 2.36. The highest BCUT2D eigenvalue weighted by atomic mass is 16.4. The Morgan fingerprint density at radius 1 is 1.22 bits per heavy atom. The van der Waals surface area contributed by atoms with Gasteiger partial charge in [0.05, 0.1) is 0 Å². The quantitative estimate of drug-likeness (QED) is 0.729. The number of benzene rings is 1. The Balaban J connectivity index is 2.56. The van der Waals surface area contributed by atoms with Crippen molar-refractivity contribution >= 4 is 23.6 Å². The summed E-state index contributed by atoms with van der Waals surface area (Å²) < 4.78 is 0. The lowest BCUT2D eigenvalue weighted by Gasteiger charge is -2.22. The molecular formula is C14H11O4-. The molecule has 0 fully saturated rings. The monoisotopic (exact) mass is 243 g/mol. The SMILES string of the molecule is CCC(C(=O)[O-])C1=Cc2ccccc2C(=O)C1=O. The van der Waals surface area contributed by atoms with Crippen LogP contribution < -0.4 is 5.11 Å². The number of carbonyl (C=O) groups is 3. The Labute approximate surface area is 104 Å². The predicted molar refractivity (Wildman–Crippen MR) is 62.5 cm³/mol. The van der Waals surface area contributed by atoms with Crippen molar-refractivity contribution in [3.8, 4) is 0 Å². The lowest BCUT2D eigenvalue weighted by Crippen LogP contribution is -2.36. The molecule has 0 aliphatic heterocycles. The van der Waals surface area contributed by atoms with Crippen molar-refractivity contribution in [2.45, 2.75) is 13.3 Å². The normalized spacial score (nSPS) is 15.9. The molecule has 1 aliphatic rings. The van der Waals surface area contributed by atoms with Gasteiger partial charge < -0.3 is 9.90 Å². The number of hydrogen-bond acceptors (Lipinski definition) is 4. The summed E-state index contributed by atoms with van der Waals surface area (Å²) in [5, 5.41) is 11.0. The number of fused-ring (bicyclic) bond motifs is 1. The molecule has 0 radical (unpaired) electrons. The van der Waals surface area contributed by atoms with Crippen molar-refractivity contribution in [2.75, 3.05) is 0 Å². The number of carboxylic acid groups (broad SMARTS) is 1. The van der Waals surface area contributed by atoms with Gasteiger partial charge in [-0.1, -0.05) is 31.2 Å². The van der Waals surface area contributed by atoms with Crippen LogP contribution in [0.15, 0.2) is 29.8 Å². The topological polar surface area (TPSA) is 74.3 Å². The Kier molecular flexibility index (Phi) is 3.10. The first-order valence-corrected chi connectivity index (χ1v) is 5.66. The molecule has 1 atom stereocenters. The van der Waals surface area contributed by atoms with E-state index in [9.17, 15) is 19.5 Å². The molecule has 0 saturated carbocycles. The maximum absolute atomic E-state index is 11.9. The number of carbonyl (C=O) groups excluding carboxylic acids is 3. The van der Waals surface area contributed by atoms with Crippen molar-refractivity contribution < 1.29 is 19.5 Å². The van der Waals surface area contributed by atoms with Crippen LogP contribution in [0, 0.1) is 5.92 Å². The van der Waals surface area contributed by atoms with Gasteiger partial charge in [0.25, 0.3) is 0 Å². The number of hydrogen-bond donors (Lipinski definition) is 0. The first-order valence-electron chi connectivity index (χ1n) is 5.66. The second kappa shape index (κ2) is 4.56. The van der Waals surface area contributed by atoms with Crippen molar-refractivity contribution in [3.05, 3.63) is 41.0 Å². The highest BCUT2D eigenvalue weighted by Crippen LogP contribution is 2.27. The van der Waals surface area contributed by atoms with Gasteiger partial charge in [-0.3, -0.25) is 9.59 Å². The second-order valence-electron chi connectivity index (χ2n) is 4.13. The summed E-state index contributed by atoms with van der Waals surface area (Å²) >= 11 is 0. The minimum Gasteiger partial charge on any atom is -0.549 e. The van der Waals surface area contributed by atoms with E-state index in [-0.39, 0.29) is 12.0 Å². The maximum atomic E-state index is 11.9. The zero-order chi connectivity index (χ0) is 13.3. The van der Waals surface area contributed by atoms with E-state index in [4.69, 9.17) is 0 Å². The molecule has 92 valence electrons. The van der Waals surface area contributed by atoms with Crippen molar-refractivity contribution in [3.63, 3.8) is 0 Å². The zero-order valence-corrected chi connectivity index (χ0v) is 9.80. The third-order valence-electron chi connectivity index (χ3n) is 3.05. The Hall–Kier alpha value is -2.23. The smallest absolute Gasteiger partial charge is 0.233 e. The highest BCUT2D eigenvalue weighted by Gasteiger charge is 2.31. The molecule has 0 spiro atoms. The summed E-state index contributed by atoms with van der Waals surface area (Å²) in [5.41, 5.74) is 0.914. The van der Waals surface area contributed by atoms with Crippen molar-refractivity contribution in [2.24, 2.45) is 5.92 Å². The van der Waals surface area contributed by atoms with Crippen LogP contribution in [-0.4, -0.2) is 17.5 Å². The summed E-state index contributed by atoms with van der Waals surface area (Å²) in [6, 6.07) is 6.64. The molecule has 2 rings (SSSR count). The minimum absolute atomic E-state index is 0.0150. The van der Waals surface area contributed by atoms with Crippen LogP contribution in [0.4, 0.5) is 0 Å². The lowest BCUT2D eigenvalue weighted by atomic mass is 9.83. The molecule has 0 N–H and O–H groups in total. The molecule has 0 heterocycles. The Morgan fingerprint density at radius 3 is 2.50 bits per heavy atom. The highest BCUT2D eigenvalue weighted by molar-refractivity contribution is 6.52. The van der Waals surface area contributed by atoms with Crippen molar-refractivity contribution in [1.82, 2.24) is 0 Å². The van der Waals surface area contributed by atoms with Gasteiger partial charge in [-0.25, -0.2) is 0 Å². The zero-order valence-electron chi connectivity index (χ0n) is 9.80. The lowest BCUT2D eigenvalue weighted by molar-refractivity contribution is -0.310. The van der Waals surface area contributed by atoms with E-state index in [1.807, 2.05) is 0 Å². The number of Topliss-reactive ketones (excluding diaryl/α,β-unsaturated/α-hetero) is 2. The Morgan fingerprint density at radius 2 is 1.89 bits per heavy atom. The second-order valence-corrected chi connectivity index (χ2v) is 4.13. The molecule has 0 saturated heterocycles. The van der Waals surface area contributed by atoms with E-state index in [1.54, 1.807) is 31.2 Å². The Bertz CT molecular complexity index is 569. The van der Waals surface area contributed by atoms with Gasteiger partial charge in [0.15, 0.2) is 0 Å². The molecule has 4 nitrogen and oxygen atoms in total. The third-order valence-corrected chi connectivity index (χ3v) is 3.05. The summed E-state index contributed by atoms with van der Waals surface area (Å²) in [5.74, 6) is -3.76. The van der Waals surface area contributed by atoms with Gasteiger partial charge in [0.2, 0.25) is 11.6 Å². The maximum Gasteiger partial charge on any atom is 0.233 e. The molecule has 1 aromatic carbocycles. The first kappa shape index (κ1) is 12.2. The molecular weight excluding hydrogens is 232 g/mol. The molecule has 1 aromatic rings. The molecule has 18 heavy (non-hydrogen) atoms. The van der Waals surface area contributed by atoms with Gasteiger partial charge in [-0.15, -0.1) is 0 Å². The van der Waals surface area contributed by atoms with Crippen LogP contribution in [0.2, 0.25) is 0 Å². The van der Waals surface area contributed by atoms with E-state index in [2.05, 4.69) is 0 Å². The van der Waals surface area contributed by atoms with Crippen LogP contribution in [0.5, 0.6) is 0 Å². The van der Waals surface area contributed by atoms with E-state index in [0.717, 1.165) is 0 Å². The van der Waals surface area contributed by atoms with Gasteiger partial charge in [-0.05, 0) is 18.1 Å². The largest absolute Gasteiger partial charge is 0.549 e. The van der Waals surface area contributed by atoms with Gasteiger partial charge in [0.1, 0.15) is 0 Å². The van der Waals surface area contributed by atoms with Crippen molar-refractivity contribution in [1.29, 1.82) is 0 Å². The van der Waals surface area contributed by atoms with E-state index in [0.29, 0.717) is 11.1 Å². The van der Waals surface area contributed by atoms with Crippen LogP contribution in [0.1, 0.15) is 29.3 Å². The first-order chi connectivity index (χ1) is 8.56. The third kappa shape index (κ3) is 1.86. The fourth-order valence-corrected chi connectivity index (χ4v) is 2.09. The number of rotatable bonds is 3. The minimum atomic E-state index is -1.33. The summed E-state index contributed by atoms with van der Waals surface area (Å²) in [4.78, 5) is 34.7. The molecule has 1 unspecified atom stereocenters. The summed E-state index contributed by atoms with van der Waals surface area (Å²) in [7, 11) is 0. The average molecular weight is 243 g/mol. The molecule has 0 aromatic heterocycles. The molecule has 0 amide bonds. The van der Waals surface area contributed by atoms with Crippen LogP contribution >= 0.6 is 0 Å². The fourth-order valence-electron chi connectivity index (χ4n) is 2.09. The fraction of sp³-hybridized carbons (Fsp3) is 0.214. The summed E-state index contributed by atoms with van der Waals surface area (Å²) in [6.07, 6.45) is 1.69. The molecule has 0 bridgehead atoms. The number of carboxylic acids is 1. The molecule has 4 heteroatoms. The van der Waals surface area contributed by atoms with E-state index in [1.165, 1.54) is 6.08 Å². The van der Waals surface area contributed by atoms with Crippen LogP contribution in [-0.2, 0) is 9.59 Å². The summed E-state index contributed by atoms with van der Waals surface area (Å²) in [6.45, 7) is 1.64. The predicted octanol–water partition coefficient (Wildman–Crippen LogP) is 0.611. The van der Waals surface area contributed by atoms with E-state index >= 15 is 0 Å². The number of aliphatic carboxylic acids is 1. The van der Waals surface area contributed by atoms with Gasteiger partial charge >= 0.3 is 0 Å². The van der Waals surface area contributed by atoms with Crippen LogP contribution in [0.3, 0.4) is 0 Å². The van der Waals surface area contributed by atoms with Gasteiger partial charge in [0, 0.05) is 23.0 Å². The van der Waals surface area contributed by atoms with Crippen LogP contribution in [0.25, 0.3) is 6.08 Å². The standard InChI is InChI=1S/C14H12O4/c1-2-9(14(17)18)11-7-8-5-3-4-6-10(8)12(15)13(11)16/h3-7,9H,2H2,1H3,(H,17,18)/p-1. The molecule has 1 aliphatic carbocycles. The van der Waals surface area contributed by atoms with Gasteiger partial charge in [-0.2, -0.15) is 0 Å². The number of ketones is 2. The van der Waals surface area contributed by atoms with E-state index < -0.39 is 23.5 Å².